The fraction of sp³-hybridized carbons (Fsp3) is 0.316. The van der Waals surface area contributed by atoms with Gasteiger partial charge in [-0.2, -0.15) is 0 Å². The van der Waals surface area contributed by atoms with Crippen molar-refractivity contribution in [3.63, 3.8) is 0 Å². The number of rotatable bonds is 3. The second kappa shape index (κ2) is 6.55. The number of phenols is 2. The molecular weight excluding hydrogens is 320 g/mol. The van der Waals surface area contributed by atoms with Crippen LogP contribution in [0.4, 0.5) is 5.69 Å². The number of phenolic OH excluding ortho intramolecular Hbond substituents is 2. The Kier molecular flexibility index (Phi) is 4.44. The molecule has 0 aliphatic carbocycles. The topological polar surface area (TPSA) is 90.2 Å². The van der Waals surface area contributed by atoms with E-state index in [1.165, 1.54) is 6.07 Å². The zero-order chi connectivity index (χ0) is 18.1. The number of nitroso groups, excluding NO2 is 1. The molecule has 1 aliphatic rings. The van der Waals surface area contributed by atoms with Crippen LogP contribution >= 0.6 is 0 Å². The maximum absolute atomic E-state index is 12.9. The van der Waals surface area contributed by atoms with Gasteiger partial charge in [-0.3, -0.25) is 4.79 Å². The second-order valence-electron chi connectivity index (χ2n) is 6.60. The third-order valence-electron chi connectivity index (χ3n) is 4.59. The number of hydrogen-bond donors (Lipinski definition) is 2. The van der Waals surface area contributed by atoms with E-state index >= 15 is 0 Å². The lowest BCUT2D eigenvalue weighted by molar-refractivity contribution is 0.0735. The van der Waals surface area contributed by atoms with Gasteiger partial charge in [0.2, 0.25) is 0 Å². The fourth-order valence-corrected chi connectivity index (χ4v) is 3.19. The van der Waals surface area contributed by atoms with Crippen LogP contribution in [0.3, 0.4) is 0 Å². The van der Waals surface area contributed by atoms with Crippen LogP contribution in [0.15, 0.2) is 35.5 Å². The highest BCUT2D eigenvalue weighted by Gasteiger charge is 2.26. The molecule has 3 rings (SSSR count). The normalized spacial score (nSPS) is 13.6. The van der Waals surface area contributed by atoms with Crippen LogP contribution in [-0.4, -0.2) is 27.6 Å². The molecule has 0 radical (unpaired) electrons. The molecule has 2 N–H and O–H groups in total. The minimum Gasteiger partial charge on any atom is -0.508 e. The van der Waals surface area contributed by atoms with Crippen LogP contribution < -0.4 is 0 Å². The van der Waals surface area contributed by atoms with Crippen molar-refractivity contribution in [2.45, 2.75) is 32.7 Å². The third kappa shape index (κ3) is 3.20. The molecular formula is C19H20N2O4. The van der Waals surface area contributed by atoms with E-state index in [2.05, 4.69) is 5.18 Å². The first-order valence-corrected chi connectivity index (χ1v) is 8.21. The van der Waals surface area contributed by atoms with E-state index in [1.807, 2.05) is 19.9 Å². The van der Waals surface area contributed by atoms with Crippen molar-refractivity contribution in [3.05, 3.63) is 57.5 Å². The molecule has 0 aromatic heterocycles. The van der Waals surface area contributed by atoms with Gasteiger partial charge in [-0.15, -0.1) is 4.91 Å². The fourth-order valence-electron chi connectivity index (χ4n) is 3.19. The molecule has 1 amide bonds. The maximum atomic E-state index is 12.9. The van der Waals surface area contributed by atoms with Gasteiger partial charge in [-0.05, 0) is 52.4 Å². The molecule has 1 aliphatic heterocycles. The zero-order valence-corrected chi connectivity index (χ0v) is 14.2. The Morgan fingerprint density at radius 1 is 1.16 bits per heavy atom. The molecule has 0 saturated carbocycles. The summed E-state index contributed by atoms with van der Waals surface area (Å²) in [7, 11) is 0. The van der Waals surface area contributed by atoms with E-state index in [9.17, 15) is 19.9 Å². The molecule has 6 heteroatoms. The minimum absolute atomic E-state index is 0.00582. The lowest BCUT2D eigenvalue weighted by Gasteiger charge is -2.29. The van der Waals surface area contributed by atoms with Crippen LogP contribution in [0.25, 0.3) is 0 Å². The summed E-state index contributed by atoms with van der Waals surface area (Å²) in [6.45, 7) is 4.68. The lowest BCUT2D eigenvalue weighted by Crippen LogP contribution is -2.36. The Labute approximate surface area is 145 Å². The first kappa shape index (κ1) is 17.0. The summed E-state index contributed by atoms with van der Waals surface area (Å²) in [5.74, 6) is -0.165. The minimum atomic E-state index is -0.300. The van der Waals surface area contributed by atoms with E-state index < -0.39 is 0 Å². The van der Waals surface area contributed by atoms with Crippen molar-refractivity contribution < 1.29 is 15.0 Å². The van der Waals surface area contributed by atoms with Crippen molar-refractivity contribution in [1.29, 1.82) is 0 Å². The van der Waals surface area contributed by atoms with Crippen LogP contribution in [0, 0.1) is 4.91 Å². The van der Waals surface area contributed by atoms with Gasteiger partial charge < -0.3 is 15.1 Å². The second-order valence-corrected chi connectivity index (χ2v) is 6.60. The summed E-state index contributed by atoms with van der Waals surface area (Å²) in [4.78, 5) is 25.7. The SMILES string of the molecule is CC(C)c1cc(C(=O)N2CCc3ccc(O)cc3C2)c(N=O)cc1O. The molecule has 1 heterocycles. The van der Waals surface area contributed by atoms with Gasteiger partial charge in [-0.1, -0.05) is 19.9 Å². The number of carbonyl (C=O) groups excluding carboxylic acids is 1. The zero-order valence-electron chi connectivity index (χ0n) is 14.2. The van der Waals surface area contributed by atoms with Gasteiger partial charge >= 0.3 is 0 Å². The maximum Gasteiger partial charge on any atom is 0.256 e. The molecule has 0 bridgehead atoms. The van der Waals surface area contributed by atoms with E-state index in [1.54, 1.807) is 23.1 Å². The van der Waals surface area contributed by atoms with E-state index in [0.29, 0.717) is 25.1 Å². The van der Waals surface area contributed by atoms with Gasteiger partial charge in [0, 0.05) is 19.2 Å². The Balaban J connectivity index is 1.96. The Bertz CT molecular complexity index is 846. The Morgan fingerprint density at radius 2 is 1.92 bits per heavy atom. The summed E-state index contributed by atoms with van der Waals surface area (Å²) < 4.78 is 0. The molecule has 25 heavy (non-hydrogen) atoms. The first-order valence-electron chi connectivity index (χ1n) is 8.21. The number of aromatic hydroxyl groups is 2. The van der Waals surface area contributed by atoms with Gasteiger partial charge in [0.15, 0.2) is 0 Å². The highest BCUT2D eigenvalue weighted by Crippen LogP contribution is 2.34. The smallest absolute Gasteiger partial charge is 0.256 e. The first-order chi connectivity index (χ1) is 11.9. The molecule has 0 atom stereocenters. The summed E-state index contributed by atoms with van der Waals surface area (Å²) >= 11 is 0. The van der Waals surface area contributed by atoms with Crippen molar-refractivity contribution in [3.8, 4) is 11.5 Å². The summed E-state index contributed by atoms with van der Waals surface area (Å²) in [6, 6.07) is 7.96. The number of amides is 1. The van der Waals surface area contributed by atoms with Crippen LogP contribution in [-0.2, 0) is 13.0 Å². The highest BCUT2D eigenvalue weighted by atomic mass is 16.3. The van der Waals surface area contributed by atoms with Crippen LogP contribution in [0.5, 0.6) is 11.5 Å². The molecule has 6 nitrogen and oxygen atoms in total. The molecule has 2 aromatic rings. The third-order valence-corrected chi connectivity index (χ3v) is 4.59. The predicted octanol–water partition coefficient (Wildman–Crippen LogP) is 3.82. The predicted molar refractivity (Wildman–Crippen MR) is 94.2 cm³/mol. The quantitative estimate of drug-likeness (QED) is 0.831. The number of carbonyl (C=O) groups is 1. The summed E-state index contributed by atoms with van der Waals surface area (Å²) in [5.41, 5.74) is 2.73. The highest BCUT2D eigenvalue weighted by molar-refractivity contribution is 5.99. The molecule has 0 unspecified atom stereocenters. The average Bonchev–Trinajstić information content (AvgIpc) is 2.59. The van der Waals surface area contributed by atoms with Gasteiger partial charge in [0.05, 0.1) is 5.56 Å². The number of fused-ring (bicyclic) bond motifs is 1. The van der Waals surface area contributed by atoms with Crippen molar-refractivity contribution >= 4 is 11.6 Å². The molecule has 0 fully saturated rings. The number of nitrogens with zero attached hydrogens (tertiary/aromatic N) is 2. The van der Waals surface area contributed by atoms with E-state index in [4.69, 9.17) is 0 Å². The molecule has 0 spiro atoms. The van der Waals surface area contributed by atoms with Crippen molar-refractivity contribution in [2.75, 3.05) is 6.54 Å². The number of benzene rings is 2. The van der Waals surface area contributed by atoms with E-state index in [-0.39, 0.29) is 34.6 Å². The molecule has 0 saturated heterocycles. The molecule has 130 valence electrons. The van der Waals surface area contributed by atoms with Crippen molar-refractivity contribution in [1.82, 2.24) is 4.90 Å². The monoisotopic (exact) mass is 340 g/mol. The lowest BCUT2D eigenvalue weighted by atomic mass is 9.96. The Morgan fingerprint density at radius 3 is 2.60 bits per heavy atom. The van der Waals surface area contributed by atoms with Gasteiger partial charge in [0.1, 0.15) is 17.2 Å². The average molecular weight is 340 g/mol. The summed E-state index contributed by atoms with van der Waals surface area (Å²) in [5, 5.41) is 22.6. The Hall–Kier alpha value is -2.89. The standard InChI is InChI=1S/C19H20N2O4/c1-11(2)15-8-16(17(20-25)9-18(15)23)19(24)21-6-5-12-3-4-14(22)7-13(12)10-21/h3-4,7-9,11,22-23H,5-6,10H2,1-2H3. The van der Waals surface area contributed by atoms with E-state index in [0.717, 1.165) is 11.1 Å². The largest absolute Gasteiger partial charge is 0.508 e. The summed E-state index contributed by atoms with van der Waals surface area (Å²) in [6.07, 6.45) is 0.681. The number of hydrogen-bond acceptors (Lipinski definition) is 5. The van der Waals surface area contributed by atoms with Crippen LogP contribution in [0.2, 0.25) is 0 Å². The molecule has 2 aromatic carbocycles. The van der Waals surface area contributed by atoms with Crippen LogP contribution in [0.1, 0.15) is 46.8 Å². The van der Waals surface area contributed by atoms with Crippen molar-refractivity contribution in [2.24, 2.45) is 5.18 Å². The van der Waals surface area contributed by atoms with Gasteiger partial charge in [-0.25, -0.2) is 0 Å². The van der Waals surface area contributed by atoms with Gasteiger partial charge in [0.25, 0.3) is 5.91 Å².